The SMILES string of the molecule is CNC(C)(CO)CC(C)Oc1ccc(CCOC)cc1. The maximum absolute atomic E-state index is 9.39. The fraction of sp³-hybridized carbons (Fsp3) is 0.625. The van der Waals surface area contributed by atoms with Gasteiger partial charge >= 0.3 is 0 Å². The average molecular weight is 281 g/mol. The molecule has 0 heterocycles. The van der Waals surface area contributed by atoms with Crippen molar-refractivity contribution < 1.29 is 14.6 Å². The van der Waals surface area contributed by atoms with E-state index >= 15 is 0 Å². The van der Waals surface area contributed by atoms with E-state index in [0.29, 0.717) is 0 Å². The Morgan fingerprint density at radius 3 is 2.45 bits per heavy atom. The van der Waals surface area contributed by atoms with E-state index in [9.17, 15) is 5.11 Å². The second kappa shape index (κ2) is 8.25. The lowest BCUT2D eigenvalue weighted by Crippen LogP contribution is -2.46. The highest BCUT2D eigenvalue weighted by Crippen LogP contribution is 2.19. The van der Waals surface area contributed by atoms with Crippen LogP contribution < -0.4 is 10.1 Å². The molecule has 2 atom stereocenters. The van der Waals surface area contributed by atoms with Crippen LogP contribution in [0.25, 0.3) is 0 Å². The maximum atomic E-state index is 9.39. The van der Waals surface area contributed by atoms with Crippen LogP contribution in [0.4, 0.5) is 0 Å². The van der Waals surface area contributed by atoms with Crippen molar-refractivity contribution in [3.8, 4) is 5.75 Å². The molecule has 0 aromatic heterocycles. The summed E-state index contributed by atoms with van der Waals surface area (Å²) in [5.41, 5.74) is 0.931. The number of benzene rings is 1. The quantitative estimate of drug-likeness (QED) is 0.727. The molecule has 4 nitrogen and oxygen atoms in total. The van der Waals surface area contributed by atoms with Gasteiger partial charge in [0, 0.05) is 19.1 Å². The lowest BCUT2D eigenvalue weighted by molar-refractivity contribution is 0.115. The number of likely N-dealkylation sites (N-methyl/N-ethyl adjacent to an activating group) is 1. The van der Waals surface area contributed by atoms with Gasteiger partial charge in [0.1, 0.15) is 5.75 Å². The first kappa shape index (κ1) is 17.0. The molecular formula is C16H27NO3. The van der Waals surface area contributed by atoms with Crippen molar-refractivity contribution in [2.45, 2.75) is 38.3 Å². The number of aliphatic hydroxyl groups excluding tert-OH is 1. The number of ether oxygens (including phenoxy) is 2. The number of hydrogen-bond acceptors (Lipinski definition) is 4. The Labute approximate surface area is 122 Å². The van der Waals surface area contributed by atoms with E-state index in [-0.39, 0.29) is 18.2 Å². The third-order valence-corrected chi connectivity index (χ3v) is 3.55. The zero-order valence-corrected chi connectivity index (χ0v) is 13.0. The summed E-state index contributed by atoms with van der Waals surface area (Å²) < 4.78 is 10.9. The van der Waals surface area contributed by atoms with E-state index in [1.54, 1.807) is 7.11 Å². The van der Waals surface area contributed by atoms with Crippen LogP contribution in [-0.4, -0.2) is 44.1 Å². The van der Waals surface area contributed by atoms with Crippen LogP contribution in [0.1, 0.15) is 25.8 Å². The first-order valence-electron chi connectivity index (χ1n) is 7.07. The van der Waals surface area contributed by atoms with Crippen molar-refractivity contribution >= 4 is 0 Å². The Hall–Kier alpha value is -1.10. The monoisotopic (exact) mass is 281 g/mol. The van der Waals surface area contributed by atoms with Crippen molar-refractivity contribution in [2.24, 2.45) is 0 Å². The highest BCUT2D eigenvalue weighted by atomic mass is 16.5. The van der Waals surface area contributed by atoms with Gasteiger partial charge in [-0.3, -0.25) is 0 Å². The first-order chi connectivity index (χ1) is 9.53. The van der Waals surface area contributed by atoms with Crippen LogP contribution >= 0.6 is 0 Å². The van der Waals surface area contributed by atoms with Crippen molar-refractivity contribution in [3.05, 3.63) is 29.8 Å². The van der Waals surface area contributed by atoms with Crippen LogP contribution in [0.5, 0.6) is 5.75 Å². The molecule has 1 rings (SSSR count). The molecule has 0 saturated heterocycles. The summed E-state index contributed by atoms with van der Waals surface area (Å²) in [5.74, 6) is 0.857. The molecule has 114 valence electrons. The van der Waals surface area contributed by atoms with Gasteiger partial charge in [0.2, 0.25) is 0 Å². The van der Waals surface area contributed by atoms with Gasteiger partial charge in [-0.25, -0.2) is 0 Å². The van der Waals surface area contributed by atoms with Gasteiger partial charge in [0.15, 0.2) is 0 Å². The highest BCUT2D eigenvalue weighted by Gasteiger charge is 2.24. The van der Waals surface area contributed by atoms with E-state index in [1.807, 2.05) is 33.0 Å². The van der Waals surface area contributed by atoms with Gasteiger partial charge in [-0.1, -0.05) is 12.1 Å². The fourth-order valence-electron chi connectivity index (χ4n) is 2.11. The molecule has 0 spiro atoms. The Morgan fingerprint density at radius 2 is 1.95 bits per heavy atom. The van der Waals surface area contributed by atoms with Crippen molar-refractivity contribution in [2.75, 3.05) is 27.4 Å². The lowest BCUT2D eigenvalue weighted by atomic mass is 9.96. The van der Waals surface area contributed by atoms with Crippen LogP contribution in [-0.2, 0) is 11.2 Å². The van der Waals surface area contributed by atoms with E-state index in [2.05, 4.69) is 17.4 Å². The molecule has 0 amide bonds. The molecule has 20 heavy (non-hydrogen) atoms. The van der Waals surface area contributed by atoms with E-state index in [1.165, 1.54) is 5.56 Å². The van der Waals surface area contributed by atoms with Gasteiger partial charge in [-0.15, -0.1) is 0 Å². The van der Waals surface area contributed by atoms with Crippen molar-refractivity contribution in [3.63, 3.8) is 0 Å². The Balaban J connectivity index is 2.51. The van der Waals surface area contributed by atoms with Crippen LogP contribution in [0.2, 0.25) is 0 Å². The average Bonchev–Trinajstić information content (AvgIpc) is 2.46. The molecule has 1 aromatic carbocycles. The summed E-state index contributed by atoms with van der Waals surface area (Å²) in [5, 5.41) is 12.5. The Kier molecular flexibility index (Phi) is 6.99. The second-order valence-electron chi connectivity index (χ2n) is 5.49. The molecule has 0 radical (unpaired) electrons. The zero-order valence-electron chi connectivity index (χ0n) is 13.0. The van der Waals surface area contributed by atoms with Crippen LogP contribution in [0, 0.1) is 0 Å². The van der Waals surface area contributed by atoms with E-state index < -0.39 is 0 Å². The van der Waals surface area contributed by atoms with Crippen LogP contribution in [0.3, 0.4) is 0 Å². The van der Waals surface area contributed by atoms with Crippen molar-refractivity contribution in [1.29, 1.82) is 0 Å². The topological polar surface area (TPSA) is 50.7 Å². The molecule has 0 aliphatic rings. The predicted octanol–water partition coefficient (Wildman–Crippen LogP) is 2.00. The van der Waals surface area contributed by atoms with Gasteiger partial charge < -0.3 is 19.9 Å². The fourth-order valence-corrected chi connectivity index (χ4v) is 2.11. The lowest BCUT2D eigenvalue weighted by Gasteiger charge is -2.30. The van der Waals surface area contributed by atoms with Crippen LogP contribution in [0.15, 0.2) is 24.3 Å². The molecule has 0 fully saturated rings. The van der Waals surface area contributed by atoms with Gasteiger partial charge in [0.05, 0.1) is 19.3 Å². The summed E-state index contributed by atoms with van der Waals surface area (Å²) in [6.07, 6.45) is 1.68. The summed E-state index contributed by atoms with van der Waals surface area (Å²) in [4.78, 5) is 0. The largest absolute Gasteiger partial charge is 0.491 e. The van der Waals surface area contributed by atoms with E-state index in [4.69, 9.17) is 9.47 Å². The summed E-state index contributed by atoms with van der Waals surface area (Å²) in [6, 6.07) is 8.09. The molecule has 1 aromatic rings. The predicted molar refractivity (Wildman–Crippen MR) is 81.3 cm³/mol. The molecule has 2 unspecified atom stereocenters. The molecule has 0 saturated carbocycles. The minimum atomic E-state index is -0.308. The molecular weight excluding hydrogens is 254 g/mol. The molecule has 0 bridgehead atoms. The Morgan fingerprint density at radius 1 is 1.30 bits per heavy atom. The second-order valence-corrected chi connectivity index (χ2v) is 5.49. The number of nitrogens with one attached hydrogen (secondary N) is 1. The third-order valence-electron chi connectivity index (χ3n) is 3.55. The van der Waals surface area contributed by atoms with E-state index in [0.717, 1.165) is 25.2 Å². The third kappa shape index (κ3) is 5.49. The smallest absolute Gasteiger partial charge is 0.119 e. The molecule has 2 N–H and O–H groups in total. The van der Waals surface area contributed by atoms with Crippen molar-refractivity contribution in [1.82, 2.24) is 5.32 Å². The number of aliphatic hydroxyl groups is 1. The molecule has 0 aliphatic carbocycles. The van der Waals surface area contributed by atoms with Gasteiger partial charge in [0.25, 0.3) is 0 Å². The summed E-state index contributed by atoms with van der Waals surface area (Å²) in [6.45, 7) is 4.82. The normalized spacial score (nSPS) is 15.7. The summed E-state index contributed by atoms with van der Waals surface area (Å²) >= 11 is 0. The standard InChI is InChI=1S/C16H27NO3/c1-13(11-16(2,12-18)17-3)20-15-7-5-14(6-8-15)9-10-19-4/h5-8,13,17-18H,9-12H2,1-4H3. The summed E-state index contributed by atoms with van der Waals surface area (Å²) in [7, 11) is 3.56. The molecule has 0 aliphatic heterocycles. The zero-order chi connectivity index (χ0) is 15.0. The number of hydrogen-bond donors (Lipinski definition) is 2. The van der Waals surface area contributed by atoms with Gasteiger partial charge in [-0.05, 0) is 45.0 Å². The number of rotatable bonds is 9. The first-order valence-corrected chi connectivity index (χ1v) is 7.07. The minimum absolute atomic E-state index is 0.0319. The van der Waals surface area contributed by atoms with Gasteiger partial charge in [-0.2, -0.15) is 0 Å². The maximum Gasteiger partial charge on any atom is 0.119 e. The molecule has 4 heteroatoms. The highest BCUT2D eigenvalue weighted by molar-refractivity contribution is 5.27. The number of methoxy groups -OCH3 is 1. The minimum Gasteiger partial charge on any atom is -0.491 e. The Bertz CT molecular complexity index is 374.